The lowest BCUT2D eigenvalue weighted by atomic mass is 9.83. The van der Waals surface area contributed by atoms with Crippen molar-refractivity contribution in [2.75, 3.05) is 5.32 Å². The molecule has 2 N–H and O–H groups in total. The van der Waals surface area contributed by atoms with Crippen LogP contribution < -0.4 is 10.6 Å². The van der Waals surface area contributed by atoms with E-state index in [1.54, 1.807) is 0 Å². The number of hydrogen-bond donors (Lipinski definition) is 2. The van der Waals surface area contributed by atoms with Crippen molar-refractivity contribution in [2.45, 2.75) is 12.2 Å². The number of aliphatic imine (C=N–C) groups is 2. The van der Waals surface area contributed by atoms with Crippen molar-refractivity contribution >= 4 is 44.5 Å². The van der Waals surface area contributed by atoms with Crippen LogP contribution in [0.3, 0.4) is 0 Å². The number of fused-ring (bicyclic) bond motifs is 5. The van der Waals surface area contributed by atoms with Gasteiger partial charge in [-0.1, -0.05) is 158 Å². The largest absolute Gasteiger partial charge is 0.374 e. The second-order valence-electron chi connectivity index (χ2n) is 13.9. The van der Waals surface area contributed by atoms with Gasteiger partial charge in [0.2, 0.25) is 0 Å². The lowest BCUT2D eigenvalue weighted by Gasteiger charge is -2.29. The highest BCUT2D eigenvalue weighted by molar-refractivity contribution is 6.18. The molecule has 248 valence electrons. The molecule has 4 nitrogen and oxygen atoms in total. The van der Waals surface area contributed by atoms with E-state index < -0.39 is 0 Å². The Hall–Kier alpha value is -6.52. The maximum absolute atomic E-state index is 5.27. The summed E-state index contributed by atoms with van der Waals surface area (Å²) in [6.07, 6.45) is 17.6. The van der Waals surface area contributed by atoms with Gasteiger partial charge in [-0.15, -0.1) is 0 Å². The van der Waals surface area contributed by atoms with Gasteiger partial charge >= 0.3 is 0 Å². The normalized spacial score (nSPS) is 21.6. The summed E-state index contributed by atoms with van der Waals surface area (Å²) < 4.78 is 0. The summed E-state index contributed by atoms with van der Waals surface area (Å²) in [6.45, 7) is 0. The molecule has 0 radical (unpaired) electrons. The number of rotatable bonds is 5. The fourth-order valence-corrected chi connectivity index (χ4v) is 7.94. The fourth-order valence-electron chi connectivity index (χ4n) is 7.94. The van der Waals surface area contributed by atoms with Crippen molar-refractivity contribution in [3.8, 4) is 0 Å². The first-order chi connectivity index (χ1) is 25.7. The highest BCUT2D eigenvalue weighted by atomic mass is 15.2. The van der Waals surface area contributed by atoms with Crippen molar-refractivity contribution in [1.82, 2.24) is 5.32 Å². The van der Waals surface area contributed by atoms with E-state index in [1.165, 1.54) is 38.4 Å². The molecule has 52 heavy (non-hydrogen) atoms. The van der Waals surface area contributed by atoms with Crippen LogP contribution in [0.4, 0.5) is 5.69 Å². The van der Waals surface area contributed by atoms with Crippen LogP contribution in [0.25, 0.3) is 27.1 Å². The van der Waals surface area contributed by atoms with Crippen molar-refractivity contribution in [1.29, 1.82) is 0 Å². The third kappa shape index (κ3) is 5.50. The lowest BCUT2D eigenvalue weighted by molar-refractivity contribution is 0.656. The number of nitrogens with one attached hydrogen (secondary N) is 2. The molecular formula is C48H36N4. The number of benzene rings is 6. The molecule has 2 aliphatic heterocycles. The molecule has 6 aromatic carbocycles. The van der Waals surface area contributed by atoms with Crippen LogP contribution in [0.5, 0.6) is 0 Å². The zero-order chi connectivity index (χ0) is 34.4. The first kappa shape index (κ1) is 30.3. The topological polar surface area (TPSA) is 48.8 Å². The Morgan fingerprint density at radius 3 is 2.13 bits per heavy atom. The minimum absolute atomic E-state index is 0.0738. The van der Waals surface area contributed by atoms with Gasteiger partial charge in [-0.25, -0.2) is 9.98 Å². The van der Waals surface area contributed by atoms with Gasteiger partial charge in [0, 0.05) is 34.2 Å². The molecule has 2 heterocycles. The van der Waals surface area contributed by atoms with Crippen LogP contribution in [0.2, 0.25) is 0 Å². The number of amidine groups is 2. The molecule has 4 unspecified atom stereocenters. The van der Waals surface area contributed by atoms with Gasteiger partial charge in [0.05, 0.1) is 6.04 Å². The van der Waals surface area contributed by atoms with E-state index in [-0.39, 0.29) is 12.2 Å². The van der Waals surface area contributed by atoms with Gasteiger partial charge in [0.15, 0.2) is 6.17 Å². The predicted molar refractivity (Wildman–Crippen MR) is 217 cm³/mol. The smallest absolute Gasteiger partial charge is 0.169 e. The molecule has 4 aliphatic rings. The SMILES string of the molecule is C1=CC2C=CC(C3=NC(c4ccc5ccccc5c4)N=C(c4ccc5c6c(ccc5c4)NC(c4ccccc4)C=C6c4ccccc4)N3)=CC2C=C1. The standard InChI is InChI=1S/C48H36N4/c1-3-13-33(14-4-1)42-30-44(34-15-5-2-6-16-34)49-43-26-24-37-29-40(23-25-41(37)45(42)43)48-51-46(38-21-19-31-11-7-9-17-35(31)27-38)50-47(52-48)39-22-20-32-12-8-10-18-36(32)28-39/h1-31,35,44,47,49H,(H,50,51,52). The molecular weight excluding hydrogens is 633 g/mol. The van der Waals surface area contributed by atoms with Gasteiger partial charge in [0.1, 0.15) is 11.7 Å². The minimum Gasteiger partial charge on any atom is -0.374 e. The molecule has 0 fully saturated rings. The van der Waals surface area contributed by atoms with Gasteiger partial charge in [0.25, 0.3) is 0 Å². The predicted octanol–water partition coefficient (Wildman–Crippen LogP) is 10.9. The van der Waals surface area contributed by atoms with E-state index in [2.05, 4.69) is 193 Å². The molecule has 6 aromatic rings. The average molecular weight is 669 g/mol. The van der Waals surface area contributed by atoms with E-state index in [0.29, 0.717) is 11.8 Å². The molecule has 0 amide bonds. The Labute approximate surface area is 303 Å². The quantitative estimate of drug-likeness (QED) is 0.192. The fraction of sp³-hybridized carbons (Fsp3) is 0.0833. The number of allylic oxidation sites excluding steroid dienone is 6. The maximum Gasteiger partial charge on any atom is 0.169 e. The minimum atomic E-state index is -0.379. The summed E-state index contributed by atoms with van der Waals surface area (Å²) in [5, 5.41) is 12.3. The maximum atomic E-state index is 5.27. The number of nitrogens with zero attached hydrogens (tertiary/aromatic N) is 2. The summed E-state index contributed by atoms with van der Waals surface area (Å²) >= 11 is 0. The second-order valence-corrected chi connectivity index (χ2v) is 13.9. The van der Waals surface area contributed by atoms with E-state index >= 15 is 0 Å². The Kier molecular flexibility index (Phi) is 7.38. The van der Waals surface area contributed by atoms with Crippen LogP contribution in [0, 0.1) is 11.8 Å². The third-order valence-electron chi connectivity index (χ3n) is 10.6. The van der Waals surface area contributed by atoms with E-state index in [0.717, 1.165) is 39.4 Å². The molecule has 4 heteroatoms. The highest BCUT2D eigenvalue weighted by Gasteiger charge is 2.27. The van der Waals surface area contributed by atoms with Crippen LogP contribution >= 0.6 is 0 Å². The average Bonchev–Trinajstić information content (AvgIpc) is 3.23. The molecule has 2 aliphatic carbocycles. The first-order valence-corrected chi connectivity index (χ1v) is 18.1. The summed E-state index contributed by atoms with van der Waals surface area (Å²) in [5.74, 6) is 2.35. The zero-order valence-corrected chi connectivity index (χ0v) is 28.5. The van der Waals surface area contributed by atoms with Crippen molar-refractivity contribution < 1.29 is 0 Å². The first-order valence-electron chi connectivity index (χ1n) is 18.1. The van der Waals surface area contributed by atoms with E-state index in [4.69, 9.17) is 9.98 Å². The van der Waals surface area contributed by atoms with Gasteiger partial charge < -0.3 is 10.6 Å². The van der Waals surface area contributed by atoms with Crippen LogP contribution in [-0.4, -0.2) is 11.7 Å². The van der Waals surface area contributed by atoms with E-state index in [1.807, 2.05) is 0 Å². The molecule has 10 rings (SSSR count). The summed E-state index contributed by atoms with van der Waals surface area (Å²) in [4.78, 5) is 10.5. The highest BCUT2D eigenvalue weighted by Crippen LogP contribution is 2.43. The molecule has 4 atom stereocenters. The Morgan fingerprint density at radius 2 is 1.27 bits per heavy atom. The van der Waals surface area contributed by atoms with E-state index in [9.17, 15) is 0 Å². The molecule has 0 aromatic heterocycles. The number of hydrogen-bond acceptors (Lipinski definition) is 4. The summed E-state index contributed by atoms with van der Waals surface area (Å²) in [5.41, 5.74) is 9.23. The summed E-state index contributed by atoms with van der Waals surface area (Å²) in [7, 11) is 0. The van der Waals surface area contributed by atoms with Crippen molar-refractivity contribution in [3.05, 3.63) is 215 Å². The summed E-state index contributed by atoms with van der Waals surface area (Å²) in [6, 6.07) is 47.7. The second kappa shape index (κ2) is 12.7. The number of anilines is 1. The third-order valence-corrected chi connectivity index (χ3v) is 10.6. The van der Waals surface area contributed by atoms with Crippen LogP contribution in [0.15, 0.2) is 198 Å². The monoisotopic (exact) mass is 668 g/mol. The van der Waals surface area contributed by atoms with Crippen LogP contribution in [0.1, 0.15) is 40.0 Å². The lowest BCUT2D eigenvalue weighted by Crippen LogP contribution is -2.37. The Morgan fingerprint density at radius 1 is 0.519 bits per heavy atom. The van der Waals surface area contributed by atoms with Gasteiger partial charge in [-0.05, 0) is 68.1 Å². The van der Waals surface area contributed by atoms with Crippen molar-refractivity contribution in [2.24, 2.45) is 21.8 Å². The van der Waals surface area contributed by atoms with Gasteiger partial charge in [-0.3, -0.25) is 0 Å². The molecule has 0 saturated heterocycles. The Bertz CT molecular complexity index is 2590. The molecule has 0 bridgehead atoms. The zero-order valence-electron chi connectivity index (χ0n) is 28.5. The molecule has 0 saturated carbocycles. The Balaban J connectivity index is 1.07. The van der Waals surface area contributed by atoms with Crippen LogP contribution in [-0.2, 0) is 0 Å². The van der Waals surface area contributed by atoms with Crippen molar-refractivity contribution in [3.63, 3.8) is 0 Å². The molecule has 0 spiro atoms. The van der Waals surface area contributed by atoms with Gasteiger partial charge in [-0.2, -0.15) is 0 Å².